The molecule has 0 aliphatic rings. The van der Waals surface area contributed by atoms with Crippen molar-refractivity contribution < 1.29 is 4.39 Å². The molecule has 3 aromatic carbocycles. The van der Waals surface area contributed by atoms with E-state index in [9.17, 15) is 4.39 Å². The minimum atomic E-state index is -0.321. The number of anilines is 1. The third-order valence-electron chi connectivity index (χ3n) is 5.40. The lowest BCUT2D eigenvalue weighted by Gasteiger charge is -2.15. The third kappa shape index (κ3) is 4.51. The molecule has 5 rings (SSSR count). The van der Waals surface area contributed by atoms with Gasteiger partial charge >= 0.3 is 0 Å². The van der Waals surface area contributed by atoms with Gasteiger partial charge in [-0.3, -0.25) is 0 Å². The van der Waals surface area contributed by atoms with Gasteiger partial charge in [-0.1, -0.05) is 47.1 Å². The number of nitrogens with zero attached hydrogens (tertiary/aromatic N) is 5. The summed E-state index contributed by atoms with van der Waals surface area (Å²) in [5.41, 5.74) is 4.48. The van der Waals surface area contributed by atoms with E-state index in [-0.39, 0.29) is 11.9 Å². The quantitative estimate of drug-likeness (QED) is 0.313. The highest BCUT2D eigenvalue weighted by Crippen LogP contribution is 2.32. The van der Waals surface area contributed by atoms with E-state index in [0.717, 1.165) is 16.8 Å². The molecule has 1 N–H and O–H groups in total. The minimum absolute atomic E-state index is 0.00678. The number of aromatic nitrogens is 5. The van der Waals surface area contributed by atoms with Crippen molar-refractivity contribution in [1.82, 2.24) is 25.0 Å². The molecule has 1 atom stereocenters. The molecule has 1 unspecified atom stereocenters. The average molecular weight is 471 g/mol. The van der Waals surface area contributed by atoms with Gasteiger partial charge in [-0.2, -0.15) is 0 Å². The minimum Gasteiger partial charge on any atom is -0.348 e. The second-order valence-electron chi connectivity index (χ2n) is 7.72. The van der Waals surface area contributed by atoms with Gasteiger partial charge in [-0.15, -0.1) is 5.10 Å². The number of halogens is 2. The summed E-state index contributed by atoms with van der Waals surface area (Å²) in [6, 6.07) is 25.3. The molecule has 2 aromatic heterocycles. The molecule has 0 amide bonds. The summed E-state index contributed by atoms with van der Waals surface area (Å²) < 4.78 is 15.3. The molecule has 0 fully saturated rings. The number of nitrogens with one attached hydrogen (secondary N) is 1. The lowest BCUT2D eigenvalue weighted by molar-refractivity contribution is 0.628. The Balaban J connectivity index is 1.59. The molecule has 168 valence electrons. The van der Waals surface area contributed by atoms with E-state index in [2.05, 4.69) is 27.5 Å². The zero-order valence-electron chi connectivity index (χ0n) is 18.2. The van der Waals surface area contributed by atoms with Crippen LogP contribution < -0.4 is 5.32 Å². The van der Waals surface area contributed by atoms with Gasteiger partial charge in [0.25, 0.3) is 0 Å². The van der Waals surface area contributed by atoms with Crippen molar-refractivity contribution in [3.05, 3.63) is 108 Å². The van der Waals surface area contributed by atoms with Gasteiger partial charge in [0.05, 0.1) is 17.4 Å². The van der Waals surface area contributed by atoms with Crippen molar-refractivity contribution >= 4 is 17.5 Å². The second-order valence-corrected chi connectivity index (χ2v) is 8.16. The molecule has 0 aliphatic carbocycles. The van der Waals surface area contributed by atoms with Crippen molar-refractivity contribution in [3.8, 4) is 28.3 Å². The first-order valence-corrected chi connectivity index (χ1v) is 11.1. The Bertz CT molecular complexity index is 1340. The SMILES string of the molecule is CC(Nc1nccc(-c2c(-c3ccc(F)cc3)nnn2-c2ccc(Cl)cc2)n1)c1ccccc1. The molecule has 0 saturated heterocycles. The fraction of sp³-hybridized carbons (Fsp3) is 0.0769. The van der Waals surface area contributed by atoms with Crippen molar-refractivity contribution in [2.75, 3.05) is 5.32 Å². The van der Waals surface area contributed by atoms with E-state index < -0.39 is 0 Å². The number of rotatable bonds is 6. The van der Waals surface area contributed by atoms with Crippen LogP contribution in [-0.4, -0.2) is 25.0 Å². The van der Waals surface area contributed by atoms with Gasteiger partial charge in [-0.25, -0.2) is 19.0 Å². The first-order chi connectivity index (χ1) is 16.6. The highest BCUT2D eigenvalue weighted by molar-refractivity contribution is 6.30. The number of hydrogen-bond acceptors (Lipinski definition) is 5. The maximum Gasteiger partial charge on any atom is 0.223 e. The topological polar surface area (TPSA) is 68.5 Å². The Kier molecular flexibility index (Phi) is 6.01. The van der Waals surface area contributed by atoms with Gasteiger partial charge in [0, 0.05) is 16.8 Å². The van der Waals surface area contributed by atoms with E-state index in [1.807, 2.05) is 42.5 Å². The molecule has 8 heteroatoms. The van der Waals surface area contributed by atoms with Crippen LogP contribution in [0.2, 0.25) is 5.02 Å². The van der Waals surface area contributed by atoms with Crippen LogP contribution in [0.5, 0.6) is 0 Å². The Morgan fingerprint density at radius 2 is 1.65 bits per heavy atom. The van der Waals surface area contributed by atoms with Crippen LogP contribution in [0.4, 0.5) is 10.3 Å². The molecule has 0 aliphatic heterocycles. The smallest absolute Gasteiger partial charge is 0.223 e. The predicted octanol–water partition coefficient (Wildman–Crippen LogP) is 6.36. The van der Waals surface area contributed by atoms with Crippen LogP contribution in [0.25, 0.3) is 28.3 Å². The monoisotopic (exact) mass is 470 g/mol. The summed E-state index contributed by atoms with van der Waals surface area (Å²) in [5.74, 6) is 0.154. The van der Waals surface area contributed by atoms with E-state index in [0.29, 0.717) is 28.1 Å². The largest absolute Gasteiger partial charge is 0.348 e. The van der Waals surface area contributed by atoms with Gasteiger partial charge in [0.1, 0.15) is 17.2 Å². The van der Waals surface area contributed by atoms with E-state index in [4.69, 9.17) is 16.6 Å². The molecule has 0 saturated carbocycles. The first kappa shape index (κ1) is 21.7. The van der Waals surface area contributed by atoms with E-state index in [1.54, 1.807) is 41.2 Å². The maximum atomic E-state index is 13.6. The van der Waals surface area contributed by atoms with Gasteiger partial charge in [0.15, 0.2) is 0 Å². The predicted molar refractivity (Wildman–Crippen MR) is 131 cm³/mol. The van der Waals surface area contributed by atoms with E-state index >= 15 is 0 Å². The summed E-state index contributed by atoms with van der Waals surface area (Å²) >= 11 is 6.08. The highest BCUT2D eigenvalue weighted by atomic mass is 35.5. The van der Waals surface area contributed by atoms with Crippen LogP contribution in [0.1, 0.15) is 18.5 Å². The molecule has 0 bridgehead atoms. The van der Waals surface area contributed by atoms with Crippen LogP contribution in [0.3, 0.4) is 0 Å². The summed E-state index contributed by atoms with van der Waals surface area (Å²) in [6.07, 6.45) is 1.69. The van der Waals surface area contributed by atoms with Crippen molar-refractivity contribution in [1.29, 1.82) is 0 Å². The Labute approximate surface area is 201 Å². The normalized spacial score (nSPS) is 11.9. The number of benzene rings is 3. The Morgan fingerprint density at radius 1 is 0.912 bits per heavy atom. The lowest BCUT2D eigenvalue weighted by Crippen LogP contribution is -2.10. The highest BCUT2D eigenvalue weighted by Gasteiger charge is 2.20. The fourth-order valence-corrected chi connectivity index (χ4v) is 3.78. The fourth-order valence-electron chi connectivity index (χ4n) is 3.66. The zero-order valence-corrected chi connectivity index (χ0v) is 19.0. The molecule has 6 nitrogen and oxygen atoms in total. The van der Waals surface area contributed by atoms with Crippen LogP contribution >= 0.6 is 11.6 Å². The molecular weight excluding hydrogens is 451 g/mol. The Hall–Kier alpha value is -4.10. The lowest BCUT2D eigenvalue weighted by atomic mass is 10.1. The molecule has 0 spiro atoms. The van der Waals surface area contributed by atoms with Gasteiger partial charge in [0.2, 0.25) is 5.95 Å². The summed E-state index contributed by atoms with van der Waals surface area (Å²) in [5, 5.41) is 12.8. The van der Waals surface area contributed by atoms with Crippen LogP contribution in [0, 0.1) is 5.82 Å². The second kappa shape index (κ2) is 9.41. The van der Waals surface area contributed by atoms with Crippen LogP contribution in [0.15, 0.2) is 91.1 Å². The number of hydrogen-bond donors (Lipinski definition) is 1. The maximum absolute atomic E-state index is 13.6. The van der Waals surface area contributed by atoms with Crippen molar-refractivity contribution in [2.24, 2.45) is 0 Å². The van der Waals surface area contributed by atoms with Crippen molar-refractivity contribution in [3.63, 3.8) is 0 Å². The van der Waals surface area contributed by atoms with Gasteiger partial charge in [-0.05, 0) is 67.1 Å². The molecule has 34 heavy (non-hydrogen) atoms. The van der Waals surface area contributed by atoms with Crippen LogP contribution in [-0.2, 0) is 0 Å². The first-order valence-electron chi connectivity index (χ1n) is 10.7. The molecule has 5 aromatic rings. The molecule has 2 heterocycles. The third-order valence-corrected chi connectivity index (χ3v) is 5.65. The van der Waals surface area contributed by atoms with E-state index in [1.165, 1.54) is 12.1 Å². The summed E-state index contributed by atoms with van der Waals surface area (Å²) in [7, 11) is 0. The summed E-state index contributed by atoms with van der Waals surface area (Å²) in [6.45, 7) is 2.05. The summed E-state index contributed by atoms with van der Waals surface area (Å²) in [4.78, 5) is 9.17. The zero-order chi connectivity index (χ0) is 23.5. The van der Waals surface area contributed by atoms with Gasteiger partial charge < -0.3 is 5.32 Å². The molecular formula is C26H20ClFN6. The molecule has 0 radical (unpaired) electrons. The van der Waals surface area contributed by atoms with Crippen molar-refractivity contribution in [2.45, 2.75) is 13.0 Å². The average Bonchev–Trinajstić information content (AvgIpc) is 3.31. The Morgan fingerprint density at radius 3 is 2.38 bits per heavy atom. The standard InChI is InChI=1S/C26H20ClFN6/c1-17(18-5-3-2-4-6-18)30-26-29-16-15-23(31-26)25-24(19-7-11-21(28)12-8-19)32-33-34(25)22-13-9-20(27)10-14-22/h2-17H,1H3,(H,29,30,31).